The highest BCUT2D eigenvalue weighted by Crippen LogP contribution is 2.26. The van der Waals surface area contributed by atoms with Crippen LogP contribution in [0.1, 0.15) is 11.1 Å². The summed E-state index contributed by atoms with van der Waals surface area (Å²) >= 11 is 1.71. The van der Waals surface area contributed by atoms with Crippen LogP contribution in [-0.2, 0) is 55.8 Å². The first-order valence-electron chi connectivity index (χ1n) is 12.3. The molecular formula is C25H42O9S. The van der Waals surface area contributed by atoms with Crippen molar-refractivity contribution in [3.05, 3.63) is 29.3 Å². The van der Waals surface area contributed by atoms with Crippen molar-refractivity contribution >= 4 is 11.8 Å². The van der Waals surface area contributed by atoms with Crippen LogP contribution in [0.2, 0.25) is 0 Å². The first-order chi connectivity index (χ1) is 17.4. The van der Waals surface area contributed by atoms with Crippen LogP contribution in [0.25, 0.3) is 0 Å². The van der Waals surface area contributed by atoms with Gasteiger partial charge in [-0.2, -0.15) is 0 Å². The molecule has 0 N–H and O–H groups in total. The lowest BCUT2D eigenvalue weighted by molar-refractivity contribution is -0.0260. The molecule has 0 fully saturated rings. The van der Waals surface area contributed by atoms with Crippen LogP contribution in [0.4, 0.5) is 0 Å². The van der Waals surface area contributed by atoms with E-state index in [1.54, 1.807) is 11.8 Å². The summed E-state index contributed by atoms with van der Waals surface area (Å²) in [5, 5.41) is 0. The van der Waals surface area contributed by atoms with E-state index in [1.807, 2.05) is 6.07 Å². The molecule has 0 aliphatic carbocycles. The monoisotopic (exact) mass is 518 g/mol. The molecule has 0 amide bonds. The van der Waals surface area contributed by atoms with Crippen LogP contribution in [0.5, 0.6) is 0 Å². The van der Waals surface area contributed by atoms with Crippen LogP contribution in [0, 0.1) is 0 Å². The molecule has 0 saturated heterocycles. The fraction of sp³-hybridized carbons (Fsp3) is 0.760. The number of rotatable bonds is 1. The maximum absolute atomic E-state index is 5.82. The molecule has 1 aliphatic rings. The van der Waals surface area contributed by atoms with Gasteiger partial charge in [0.15, 0.2) is 0 Å². The first-order valence-corrected chi connectivity index (χ1v) is 13.5. The number of hydrogen-bond acceptors (Lipinski definition) is 10. The van der Waals surface area contributed by atoms with Crippen molar-refractivity contribution < 1.29 is 42.6 Å². The molecule has 9 nitrogen and oxygen atoms in total. The van der Waals surface area contributed by atoms with Gasteiger partial charge in [0, 0.05) is 4.90 Å². The summed E-state index contributed by atoms with van der Waals surface area (Å²) in [5.74, 6) is 0. The average molecular weight is 519 g/mol. The Kier molecular flexibility index (Phi) is 19.5. The van der Waals surface area contributed by atoms with Crippen LogP contribution in [0.3, 0.4) is 0 Å². The van der Waals surface area contributed by atoms with Crippen molar-refractivity contribution in [2.45, 2.75) is 18.1 Å². The number of thioether (sulfide) groups is 1. The summed E-state index contributed by atoms with van der Waals surface area (Å²) in [4.78, 5) is 1.20. The van der Waals surface area contributed by atoms with Crippen LogP contribution in [0.15, 0.2) is 23.1 Å². The molecule has 202 valence electrons. The number of hydrogen-bond donors (Lipinski definition) is 0. The minimum Gasteiger partial charge on any atom is -0.377 e. The van der Waals surface area contributed by atoms with Gasteiger partial charge in [-0.05, 0) is 17.4 Å². The second-order valence-electron chi connectivity index (χ2n) is 7.50. The van der Waals surface area contributed by atoms with Gasteiger partial charge in [-0.15, -0.1) is 11.8 Å². The van der Waals surface area contributed by atoms with Crippen molar-refractivity contribution in [1.82, 2.24) is 0 Å². The second kappa shape index (κ2) is 22.4. The van der Waals surface area contributed by atoms with Crippen LogP contribution in [-0.4, -0.2) is 112 Å². The minimum atomic E-state index is 0.531. The van der Waals surface area contributed by atoms with E-state index in [0.717, 1.165) is 11.1 Å². The molecule has 1 heterocycles. The summed E-state index contributed by atoms with van der Waals surface area (Å²) in [6, 6.07) is 6.23. The zero-order valence-corrected chi connectivity index (χ0v) is 21.9. The molecule has 2 bridgehead atoms. The van der Waals surface area contributed by atoms with Gasteiger partial charge in [0.25, 0.3) is 0 Å². The van der Waals surface area contributed by atoms with E-state index in [0.29, 0.717) is 119 Å². The molecule has 0 spiro atoms. The van der Waals surface area contributed by atoms with Crippen molar-refractivity contribution in [2.24, 2.45) is 0 Å². The molecule has 1 aliphatic heterocycles. The van der Waals surface area contributed by atoms with E-state index in [1.165, 1.54) is 4.90 Å². The van der Waals surface area contributed by atoms with E-state index < -0.39 is 0 Å². The summed E-state index contributed by atoms with van der Waals surface area (Å²) in [6.07, 6.45) is 2.07. The Labute approximate surface area is 214 Å². The molecule has 1 aromatic carbocycles. The summed E-state index contributed by atoms with van der Waals surface area (Å²) < 4.78 is 50.2. The van der Waals surface area contributed by atoms with Gasteiger partial charge in [0.1, 0.15) is 0 Å². The van der Waals surface area contributed by atoms with Gasteiger partial charge in [0.2, 0.25) is 0 Å². The Morgan fingerprint density at radius 3 is 0.943 bits per heavy atom. The zero-order chi connectivity index (χ0) is 24.7. The molecule has 10 heteroatoms. The van der Waals surface area contributed by atoms with Gasteiger partial charge in [-0.25, -0.2) is 0 Å². The number of ether oxygens (including phenoxy) is 9. The van der Waals surface area contributed by atoms with Gasteiger partial charge in [-0.1, -0.05) is 18.2 Å². The summed E-state index contributed by atoms with van der Waals surface area (Å²) in [7, 11) is 0. The SMILES string of the molecule is CSc1c2cccc1COCCOCCOCCOCCOCCOCCOCCOCCOC2. The molecule has 2 rings (SSSR count). The van der Waals surface area contributed by atoms with Crippen molar-refractivity contribution in [3.63, 3.8) is 0 Å². The Morgan fingerprint density at radius 1 is 0.429 bits per heavy atom. The third-order valence-electron chi connectivity index (χ3n) is 4.87. The fourth-order valence-corrected chi connectivity index (χ4v) is 3.93. The van der Waals surface area contributed by atoms with Gasteiger partial charge >= 0.3 is 0 Å². The Bertz CT molecular complexity index is 574. The van der Waals surface area contributed by atoms with Gasteiger partial charge in [0.05, 0.1) is 119 Å². The third-order valence-corrected chi connectivity index (χ3v) is 5.81. The van der Waals surface area contributed by atoms with Gasteiger partial charge in [-0.3, -0.25) is 0 Å². The highest BCUT2D eigenvalue weighted by molar-refractivity contribution is 7.98. The maximum atomic E-state index is 5.82. The average Bonchev–Trinajstić information content (AvgIpc) is 2.87. The van der Waals surface area contributed by atoms with Crippen LogP contribution >= 0.6 is 11.8 Å². The van der Waals surface area contributed by atoms with Crippen molar-refractivity contribution in [1.29, 1.82) is 0 Å². The summed E-state index contributed by atoms with van der Waals surface area (Å²) in [5.41, 5.74) is 2.31. The third kappa shape index (κ3) is 15.8. The molecular weight excluding hydrogens is 476 g/mol. The number of fused-ring (bicyclic) bond motifs is 2. The molecule has 0 radical (unpaired) electrons. The van der Waals surface area contributed by atoms with Crippen LogP contribution < -0.4 is 0 Å². The Morgan fingerprint density at radius 2 is 0.686 bits per heavy atom. The number of benzene rings is 1. The minimum absolute atomic E-state index is 0.531. The smallest absolute Gasteiger partial charge is 0.0729 e. The van der Waals surface area contributed by atoms with E-state index in [2.05, 4.69) is 18.4 Å². The van der Waals surface area contributed by atoms with E-state index in [4.69, 9.17) is 42.6 Å². The molecule has 1 aromatic rings. The predicted molar refractivity (Wildman–Crippen MR) is 133 cm³/mol. The highest BCUT2D eigenvalue weighted by Gasteiger charge is 2.08. The molecule has 0 atom stereocenters. The first kappa shape index (κ1) is 30.4. The Hall–Kier alpha value is -0.790. The molecule has 0 saturated carbocycles. The zero-order valence-electron chi connectivity index (χ0n) is 21.0. The van der Waals surface area contributed by atoms with E-state index in [9.17, 15) is 0 Å². The molecule has 0 aromatic heterocycles. The molecule has 0 unspecified atom stereocenters. The predicted octanol–water partition coefficient (Wildman–Crippen LogP) is 2.57. The quantitative estimate of drug-likeness (QED) is 0.517. The Balaban J connectivity index is 1.69. The standard InChI is InChI=1S/C25H42O9S/c1-35-25-23-3-2-4-24(25)22-34-20-18-32-16-14-30-12-10-28-8-6-26-5-7-27-9-11-29-13-15-31-17-19-33-21-23/h2-4H,5-22H2,1H3. The largest absolute Gasteiger partial charge is 0.377 e. The summed E-state index contributed by atoms with van der Waals surface area (Å²) in [6.45, 7) is 9.61. The van der Waals surface area contributed by atoms with E-state index >= 15 is 0 Å². The van der Waals surface area contributed by atoms with Crippen molar-refractivity contribution in [2.75, 3.05) is 112 Å². The lowest BCUT2D eigenvalue weighted by atomic mass is 10.1. The van der Waals surface area contributed by atoms with Crippen molar-refractivity contribution in [3.8, 4) is 0 Å². The van der Waals surface area contributed by atoms with Gasteiger partial charge < -0.3 is 42.6 Å². The molecule has 35 heavy (non-hydrogen) atoms. The lowest BCUT2D eigenvalue weighted by Crippen LogP contribution is -2.15. The second-order valence-corrected chi connectivity index (χ2v) is 8.32. The maximum Gasteiger partial charge on any atom is 0.0729 e. The topological polar surface area (TPSA) is 83.1 Å². The van der Waals surface area contributed by atoms with E-state index in [-0.39, 0.29) is 0 Å². The lowest BCUT2D eigenvalue weighted by Gasteiger charge is -2.14. The highest BCUT2D eigenvalue weighted by atomic mass is 32.2. The normalized spacial score (nSPS) is 21.2. The fourth-order valence-electron chi connectivity index (χ4n) is 3.15.